The van der Waals surface area contributed by atoms with E-state index in [1.54, 1.807) is 0 Å². The van der Waals surface area contributed by atoms with Gasteiger partial charge in [-0.3, -0.25) is 0 Å². The van der Waals surface area contributed by atoms with Crippen molar-refractivity contribution in [1.29, 1.82) is 0 Å². The predicted molar refractivity (Wildman–Crippen MR) is 67.5 cm³/mol. The Balaban J connectivity index is 2.56. The first-order valence-corrected chi connectivity index (χ1v) is 5.75. The Morgan fingerprint density at radius 1 is 1.12 bits per heavy atom. The monoisotopic (exact) mass is 217 g/mol. The minimum absolute atomic E-state index is 0.0212. The van der Waals surface area contributed by atoms with Crippen LogP contribution in [0.15, 0.2) is 22.6 Å². The molecule has 2 rings (SSSR count). The summed E-state index contributed by atoms with van der Waals surface area (Å²) in [6, 6.07) is 6.29. The maximum absolute atomic E-state index is 6.10. The van der Waals surface area contributed by atoms with Crippen LogP contribution in [0.2, 0.25) is 0 Å². The highest BCUT2D eigenvalue weighted by Gasteiger charge is 2.16. The predicted octanol–water partition coefficient (Wildman–Crippen LogP) is 3.71. The second-order valence-electron chi connectivity index (χ2n) is 4.91. The van der Waals surface area contributed by atoms with E-state index >= 15 is 0 Å². The quantitative estimate of drug-likeness (QED) is 0.833. The van der Waals surface area contributed by atoms with E-state index < -0.39 is 0 Å². The molecule has 2 aromatic rings. The number of rotatable bonds is 2. The molecule has 0 aliphatic rings. The van der Waals surface area contributed by atoms with Crippen LogP contribution < -0.4 is 5.73 Å². The van der Waals surface area contributed by atoms with Crippen LogP contribution in [0.3, 0.4) is 0 Å². The summed E-state index contributed by atoms with van der Waals surface area (Å²) in [6.45, 7) is 8.40. The number of aryl methyl sites for hydroxylation is 2. The Bertz CT molecular complexity index is 511. The van der Waals surface area contributed by atoms with Gasteiger partial charge in [-0.05, 0) is 43.0 Å². The molecule has 0 saturated carbocycles. The van der Waals surface area contributed by atoms with E-state index in [1.165, 1.54) is 16.5 Å². The molecule has 0 saturated heterocycles. The zero-order valence-corrected chi connectivity index (χ0v) is 10.4. The number of hydrogen-bond acceptors (Lipinski definition) is 2. The van der Waals surface area contributed by atoms with Gasteiger partial charge in [0, 0.05) is 5.39 Å². The molecule has 1 heterocycles. The van der Waals surface area contributed by atoms with Gasteiger partial charge in [0.2, 0.25) is 0 Å². The molecule has 1 unspecified atom stereocenters. The first-order valence-electron chi connectivity index (χ1n) is 5.75. The number of fused-ring (bicyclic) bond motifs is 1. The standard InChI is InChI=1S/C14H19NO/c1-8(2)14(15)13-7-11-10(4)5-9(3)6-12(11)16-13/h5-8,14H,15H2,1-4H3. The fourth-order valence-electron chi connectivity index (χ4n) is 2.00. The van der Waals surface area contributed by atoms with Crippen molar-refractivity contribution in [3.05, 3.63) is 35.1 Å². The third-order valence-electron chi connectivity index (χ3n) is 3.05. The molecule has 1 aromatic carbocycles. The summed E-state index contributed by atoms with van der Waals surface area (Å²) in [5.41, 5.74) is 9.52. The van der Waals surface area contributed by atoms with Gasteiger partial charge in [0.1, 0.15) is 11.3 Å². The first kappa shape index (κ1) is 11.2. The van der Waals surface area contributed by atoms with Crippen LogP contribution in [0.25, 0.3) is 11.0 Å². The van der Waals surface area contributed by atoms with E-state index in [9.17, 15) is 0 Å². The van der Waals surface area contributed by atoms with Gasteiger partial charge in [-0.1, -0.05) is 19.9 Å². The summed E-state index contributed by atoms with van der Waals surface area (Å²) in [4.78, 5) is 0. The highest BCUT2D eigenvalue weighted by Crippen LogP contribution is 2.29. The normalized spacial score (nSPS) is 13.6. The van der Waals surface area contributed by atoms with E-state index in [2.05, 4.69) is 45.9 Å². The SMILES string of the molecule is Cc1cc(C)c2cc(C(N)C(C)C)oc2c1. The summed E-state index contributed by atoms with van der Waals surface area (Å²) in [5.74, 6) is 1.28. The molecular weight excluding hydrogens is 198 g/mol. The summed E-state index contributed by atoms with van der Waals surface area (Å²) in [7, 11) is 0. The van der Waals surface area contributed by atoms with E-state index in [0.29, 0.717) is 5.92 Å². The lowest BCUT2D eigenvalue weighted by Crippen LogP contribution is -2.15. The second-order valence-corrected chi connectivity index (χ2v) is 4.91. The molecule has 0 bridgehead atoms. The summed E-state index contributed by atoms with van der Waals surface area (Å²) >= 11 is 0. The van der Waals surface area contributed by atoms with Gasteiger partial charge >= 0.3 is 0 Å². The van der Waals surface area contributed by atoms with Gasteiger partial charge in [0.25, 0.3) is 0 Å². The maximum Gasteiger partial charge on any atom is 0.134 e. The van der Waals surface area contributed by atoms with Gasteiger partial charge in [-0.25, -0.2) is 0 Å². The molecule has 86 valence electrons. The average molecular weight is 217 g/mol. The van der Waals surface area contributed by atoms with Crippen LogP contribution in [0, 0.1) is 19.8 Å². The van der Waals surface area contributed by atoms with E-state index in [0.717, 1.165) is 11.3 Å². The van der Waals surface area contributed by atoms with Crippen molar-refractivity contribution in [2.75, 3.05) is 0 Å². The number of benzene rings is 1. The van der Waals surface area contributed by atoms with Crippen LogP contribution in [0.5, 0.6) is 0 Å². The van der Waals surface area contributed by atoms with Crippen molar-refractivity contribution >= 4 is 11.0 Å². The number of nitrogens with two attached hydrogens (primary N) is 1. The van der Waals surface area contributed by atoms with Gasteiger partial charge in [0.05, 0.1) is 6.04 Å². The van der Waals surface area contributed by atoms with E-state index in [1.807, 2.05) is 0 Å². The Morgan fingerprint density at radius 3 is 2.44 bits per heavy atom. The smallest absolute Gasteiger partial charge is 0.134 e. The lowest BCUT2D eigenvalue weighted by molar-refractivity contribution is 0.418. The molecule has 0 amide bonds. The molecule has 0 radical (unpaired) electrons. The molecule has 2 N–H and O–H groups in total. The number of hydrogen-bond donors (Lipinski definition) is 1. The van der Waals surface area contributed by atoms with Gasteiger partial charge < -0.3 is 10.2 Å². The van der Waals surface area contributed by atoms with Crippen molar-refractivity contribution < 1.29 is 4.42 Å². The Hall–Kier alpha value is -1.28. The molecule has 0 spiro atoms. The topological polar surface area (TPSA) is 39.2 Å². The average Bonchev–Trinajstić information content (AvgIpc) is 2.60. The molecule has 0 aliphatic heterocycles. The van der Waals surface area contributed by atoms with Crippen molar-refractivity contribution in [3.8, 4) is 0 Å². The summed E-state index contributed by atoms with van der Waals surface area (Å²) < 4.78 is 5.83. The van der Waals surface area contributed by atoms with Gasteiger partial charge in [-0.2, -0.15) is 0 Å². The van der Waals surface area contributed by atoms with Crippen molar-refractivity contribution in [1.82, 2.24) is 0 Å². The molecule has 0 fully saturated rings. The molecule has 1 aromatic heterocycles. The van der Waals surface area contributed by atoms with Crippen LogP contribution in [-0.4, -0.2) is 0 Å². The van der Waals surface area contributed by atoms with E-state index in [-0.39, 0.29) is 6.04 Å². The van der Waals surface area contributed by atoms with Gasteiger partial charge in [0.15, 0.2) is 0 Å². The largest absolute Gasteiger partial charge is 0.459 e. The molecular formula is C14H19NO. The maximum atomic E-state index is 6.10. The molecule has 2 nitrogen and oxygen atoms in total. The molecule has 2 heteroatoms. The van der Waals surface area contributed by atoms with Gasteiger partial charge in [-0.15, -0.1) is 0 Å². The van der Waals surface area contributed by atoms with Crippen LogP contribution in [-0.2, 0) is 0 Å². The van der Waals surface area contributed by atoms with Crippen LogP contribution in [0.4, 0.5) is 0 Å². The van der Waals surface area contributed by atoms with Crippen LogP contribution >= 0.6 is 0 Å². The summed E-state index contributed by atoms with van der Waals surface area (Å²) in [6.07, 6.45) is 0. The lowest BCUT2D eigenvalue weighted by atomic mass is 10.0. The summed E-state index contributed by atoms with van der Waals surface area (Å²) in [5, 5.41) is 1.18. The highest BCUT2D eigenvalue weighted by atomic mass is 16.3. The lowest BCUT2D eigenvalue weighted by Gasteiger charge is -2.11. The third-order valence-corrected chi connectivity index (χ3v) is 3.05. The molecule has 16 heavy (non-hydrogen) atoms. The Labute approximate surface area is 96.4 Å². The zero-order valence-electron chi connectivity index (χ0n) is 10.4. The highest BCUT2D eigenvalue weighted by molar-refractivity contribution is 5.82. The fraction of sp³-hybridized carbons (Fsp3) is 0.429. The second kappa shape index (κ2) is 3.95. The van der Waals surface area contributed by atoms with Crippen LogP contribution in [0.1, 0.15) is 36.8 Å². The molecule has 0 aliphatic carbocycles. The zero-order chi connectivity index (χ0) is 11.9. The third kappa shape index (κ3) is 1.85. The minimum atomic E-state index is -0.0212. The Morgan fingerprint density at radius 2 is 1.81 bits per heavy atom. The fourth-order valence-corrected chi connectivity index (χ4v) is 2.00. The molecule has 1 atom stereocenters. The Kier molecular flexibility index (Phi) is 2.76. The van der Waals surface area contributed by atoms with Crippen molar-refractivity contribution in [2.45, 2.75) is 33.7 Å². The minimum Gasteiger partial charge on any atom is -0.459 e. The van der Waals surface area contributed by atoms with E-state index in [4.69, 9.17) is 10.2 Å². The number of furan rings is 1. The first-order chi connectivity index (χ1) is 7.49. The van der Waals surface area contributed by atoms with Crippen molar-refractivity contribution in [2.24, 2.45) is 11.7 Å². The van der Waals surface area contributed by atoms with Crippen molar-refractivity contribution in [3.63, 3.8) is 0 Å².